The summed E-state index contributed by atoms with van der Waals surface area (Å²) in [6, 6.07) is 19.1. The van der Waals surface area contributed by atoms with Gasteiger partial charge in [-0.25, -0.2) is 9.37 Å². The molecule has 0 radical (unpaired) electrons. The maximum Gasteiger partial charge on any atom is 0.309 e. The van der Waals surface area contributed by atoms with Gasteiger partial charge in [-0.3, -0.25) is 4.79 Å². The second-order valence-corrected chi connectivity index (χ2v) is 7.80. The van der Waals surface area contributed by atoms with Gasteiger partial charge in [0.15, 0.2) is 0 Å². The molecule has 0 saturated carbocycles. The van der Waals surface area contributed by atoms with Crippen LogP contribution in [0.1, 0.15) is 25.5 Å². The molecule has 168 valence electrons. The first-order chi connectivity index (χ1) is 16.1. The highest BCUT2D eigenvalue weighted by Crippen LogP contribution is 2.30. The Bertz CT molecular complexity index is 1150. The largest absolute Gasteiger partial charge is 0.466 e. The summed E-state index contributed by atoms with van der Waals surface area (Å²) in [6.07, 6.45) is 1.43. The normalized spacial score (nSPS) is 13.9. The van der Waals surface area contributed by atoms with Crippen molar-refractivity contribution in [1.82, 2.24) is 4.98 Å². The first kappa shape index (κ1) is 22.3. The van der Waals surface area contributed by atoms with Crippen molar-refractivity contribution >= 4 is 11.7 Å². The van der Waals surface area contributed by atoms with Crippen molar-refractivity contribution in [3.63, 3.8) is 0 Å². The molecule has 0 unspecified atom stereocenters. The van der Waals surface area contributed by atoms with Gasteiger partial charge in [0.2, 0.25) is 0 Å². The molecule has 2 aromatic carbocycles. The number of esters is 1. The fraction of sp³-hybridized carbons (Fsp3) is 0.269. The van der Waals surface area contributed by atoms with Crippen LogP contribution >= 0.6 is 0 Å². The van der Waals surface area contributed by atoms with Crippen molar-refractivity contribution in [2.24, 2.45) is 5.92 Å². The van der Waals surface area contributed by atoms with Gasteiger partial charge in [-0.2, -0.15) is 5.26 Å². The number of ether oxygens (including phenoxy) is 2. The first-order valence-corrected chi connectivity index (χ1v) is 10.9. The van der Waals surface area contributed by atoms with E-state index in [1.165, 1.54) is 12.1 Å². The van der Waals surface area contributed by atoms with E-state index in [0.29, 0.717) is 55.4 Å². The van der Waals surface area contributed by atoms with Gasteiger partial charge in [0, 0.05) is 24.3 Å². The summed E-state index contributed by atoms with van der Waals surface area (Å²) >= 11 is 0. The van der Waals surface area contributed by atoms with E-state index in [-0.39, 0.29) is 17.7 Å². The van der Waals surface area contributed by atoms with Gasteiger partial charge in [0.1, 0.15) is 29.1 Å². The van der Waals surface area contributed by atoms with Crippen LogP contribution < -0.4 is 9.64 Å². The van der Waals surface area contributed by atoms with Crippen molar-refractivity contribution in [3.8, 4) is 28.8 Å². The van der Waals surface area contributed by atoms with Gasteiger partial charge >= 0.3 is 5.97 Å². The molecule has 0 N–H and O–H groups in total. The van der Waals surface area contributed by atoms with E-state index in [4.69, 9.17) is 9.47 Å². The lowest BCUT2D eigenvalue weighted by Gasteiger charge is -2.32. The standard InChI is InChI=1S/C26H24FN3O3/c1-2-32-26(31)19-11-13-30(14-12-19)22-15-21(17-28)29-25(16-22)18-3-7-23(8-4-18)33-24-9-5-20(27)6-10-24/h3-10,15-16,19H,2,11-14H2,1H3. The van der Waals surface area contributed by atoms with Gasteiger partial charge in [-0.1, -0.05) is 0 Å². The number of aromatic nitrogens is 1. The molecule has 3 aromatic rings. The van der Waals surface area contributed by atoms with E-state index >= 15 is 0 Å². The van der Waals surface area contributed by atoms with Gasteiger partial charge in [0.05, 0.1) is 18.2 Å². The van der Waals surface area contributed by atoms with Crippen LogP contribution in [0.15, 0.2) is 60.7 Å². The minimum absolute atomic E-state index is 0.0772. The molecule has 0 spiro atoms. The lowest BCUT2D eigenvalue weighted by atomic mass is 9.96. The molecule has 4 rings (SSSR count). The van der Waals surface area contributed by atoms with Crippen molar-refractivity contribution in [1.29, 1.82) is 5.26 Å². The number of halogens is 1. The Balaban J connectivity index is 1.49. The lowest BCUT2D eigenvalue weighted by Crippen LogP contribution is -2.37. The highest BCUT2D eigenvalue weighted by atomic mass is 19.1. The molecule has 1 aromatic heterocycles. The Kier molecular flexibility index (Phi) is 6.84. The van der Waals surface area contributed by atoms with Crippen LogP contribution in [-0.4, -0.2) is 30.6 Å². The molecule has 1 fully saturated rings. The summed E-state index contributed by atoms with van der Waals surface area (Å²) in [5.74, 6) is 0.632. The van der Waals surface area contributed by atoms with E-state index in [2.05, 4.69) is 16.0 Å². The minimum atomic E-state index is -0.318. The topological polar surface area (TPSA) is 75.5 Å². The number of rotatable bonds is 6. The Morgan fingerprint density at radius 2 is 1.73 bits per heavy atom. The molecule has 1 saturated heterocycles. The molecule has 1 aliphatic rings. The van der Waals surface area contributed by atoms with Crippen LogP contribution in [0.5, 0.6) is 11.5 Å². The molecule has 0 bridgehead atoms. The van der Waals surface area contributed by atoms with Crippen LogP contribution in [-0.2, 0) is 9.53 Å². The number of benzene rings is 2. The summed E-state index contributed by atoms with van der Waals surface area (Å²) in [7, 11) is 0. The number of hydrogen-bond donors (Lipinski definition) is 0. The summed E-state index contributed by atoms with van der Waals surface area (Å²) in [5, 5.41) is 9.49. The minimum Gasteiger partial charge on any atom is -0.466 e. The Morgan fingerprint density at radius 1 is 1.09 bits per heavy atom. The Hall–Kier alpha value is -3.92. The smallest absolute Gasteiger partial charge is 0.309 e. The molecule has 6 nitrogen and oxygen atoms in total. The van der Waals surface area contributed by atoms with E-state index < -0.39 is 0 Å². The lowest BCUT2D eigenvalue weighted by molar-refractivity contribution is -0.148. The number of anilines is 1. The van der Waals surface area contributed by atoms with Gasteiger partial charge in [0.25, 0.3) is 0 Å². The monoisotopic (exact) mass is 445 g/mol. The maximum absolute atomic E-state index is 13.1. The average Bonchev–Trinajstić information content (AvgIpc) is 2.86. The molecule has 33 heavy (non-hydrogen) atoms. The third kappa shape index (κ3) is 5.47. The van der Waals surface area contributed by atoms with Gasteiger partial charge in [-0.15, -0.1) is 0 Å². The second-order valence-electron chi connectivity index (χ2n) is 7.80. The van der Waals surface area contributed by atoms with Crippen LogP contribution in [0, 0.1) is 23.1 Å². The second kappa shape index (κ2) is 10.1. The number of nitrogens with zero attached hydrogens (tertiary/aromatic N) is 3. The zero-order valence-corrected chi connectivity index (χ0v) is 18.3. The fourth-order valence-corrected chi connectivity index (χ4v) is 3.87. The number of nitriles is 1. The molecule has 1 aliphatic heterocycles. The molecule has 2 heterocycles. The molecule has 0 amide bonds. The SMILES string of the molecule is CCOC(=O)C1CCN(c2cc(C#N)nc(-c3ccc(Oc4ccc(F)cc4)cc3)c2)CC1. The van der Waals surface area contributed by atoms with E-state index in [9.17, 15) is 14.4 Å². The average molecular weight is 445 g/mol. The van der Waals surface area contributed by atoms with Gasteiger partial charge < -0.3 is 14.4 Å². The Labute approximate surface area is 192 Å². The highest BCUT2D eigenvalue weighted by Gasteiger charge is 2.26. The van der Waals surface area contributed by atoms with Crippen molar-refractivity contribution in [3.05, 3.63) is 72.2 Å². The van der Waals surface area contributed by atoms with E-state index in [1.807, 2.05) is 37.3 Å². The zero-order valence-electron chi connectivity index (χ0n) is 18.3. The van der Waals surface area contributed by atoms with E-state index in [0.717, 1.165) is 11.3 Å². The van der Waals surface area contributed by atoms with Gasteiger partial charge in [-0.05, 0) is 80.4 Å². The number of carbonyl (C=O) groups is 1. The predicted octanol–water partition coefficient (Wildman–Crippen LogP) is 5.33. The Morgan fingerprint density at radius 3 is 2.33 bits per heavy atom. The molecular formula is C26H24FN3O3. The molecule has 7 heteroatoms. The predicted molar refractivity (Wildman–Crippen MR) is 122 cm³/mol. The maximum atomic E-state index is 13.1. The van der Waals surface area contributed by atoms with Crippen LogP contribution in [0.3, 0.4) is 0 Å². The van der Waals surface area contributed by atoms with Crippen LogP contribution in [0.2, 0.25) is 0 Å². The highest BCUT2D eigenvalue weighted by molar-refractivity contribution is 5.73. The fourth-order valence-electron chi connectivity index (χ4n) is 3.87. The first-order valence-electron chi connectivity index (χ1n) is 10.9. The molecule has 0 atom stereocenters. The van der Waals surface area contributed by atoms with Crippen LogP contribution in [0.25, 0.3) is 11.3 Å². The summed E-state index contributed by atoms with van der Waals surface area (Å²) in [4.78, 5) is 18.7. The molecular weight excluding hydrogens is 421 g/mol. The van der Waals surface area contributed by atoms with Crippen molar-refractivity contribution in [2.75, 3.05) is 24.6 Å². The summed E-state index contributed by atoms with van der Waals surface area (Å²) < 4.78 is 24.0. The van der Waals surface area contributed by atoms with Crippen molar-refractivity contribution < 1.29 is 18.7 Å². The number of carbonyl (C=O) groups excluding carboxylic acids is 1. The summed E-state index contributed by atoms with van der Waals surface area (Å²) in [5.41, 5.74) is 2.78. The van der Waals surface area contributed by atoms with Crippen molar-refractivity contribution in [2.45, 2.75) is 19.8 Å². The number of piperidine rings is 1. The number of hydrogen-bond acceptors (Lipinski definition) is 6. The zero-order chi connectivity index (χ0) is 23.2. The van der Waals surface area contributed by atoms with Crippen LogP contribution in [0.4, 0.5) is 10.1 Å². The third-order valence-corrected chi connectivity index (χ3v) is 5.60. The number of pyridine rings is 1. The van der Waals surface area contributed by atoms with E-state index in [1.54, 1.807) is 18.2 Å². The third-order valence-electron chi connectivity index (χ3n) is 5.60. The summed E-state index contributed by atoms with van der Waals surface area (Å²) in [6.45, 7) is 3.63. The quantitative estimate of drug-likeness (QED) is 0.477. The molecule has 0 aliphatic carbocycles.